The Hall–Kier alpha value is -2.11. The zero-order valence-corrected chi connectivity index (χ0v) is 14.6. The number of aromatic nitrogens is 2. The molecule has 3 nitrogen and oxygen atoms in total. The third-order valence-electron chi connectivity index (χ3n) is 3.64. The largest absolute Gasteiger partial charge is 0.323 e. The molecule has 0 atom stereocenters. The first-order valence-corrected chi connectivity index (χ1v) is 8.86. The van der Waals surface area contributed by atoms with Gasteiger partial charge in [0.15, 0.2) is 5.16 Å². The van der Waals surface area contributed by atoms with Gasteiger partial charge < -0.3 is 9.88 Å². The molecular weight excluding hydrogens is 321 g/mol. The molecule has 1 aliphatic heterocycles. The monoisotopic (exact) mass is 341 g/mol. The summed E-state index contributed by atoms with van der Waals surface area (Å²) < 4.78 is 15.4. The molecule has 124 valence electrons. The van der Waals surface area contributed by atoms with Crippen molar-refractivity contribution in [1.82, 2.24) is 14.9 Å². The van der Waals surface area contributed by atoms with Crippen molar-refractivity contribution in [2.45, 2.75) is 11.7 Å². The van der Waals surface area contributed by atoms with Gasteiger partial charge >= 0.3 is 0 Å². The van der Waals surface area contributed by atoms with Crippen LogP contribution in [0, 0.1) is 5.82 Å². The number of fused-ring (bicyclic) bond motifs is 1. The number of rotatable bonds is 2. The molecule has 1 aromatic heterocycles. The van der Waals surface area contributed by atoms with E-state index >= 15 is 0 Å². The lowest BCUT2D eigenvalue weighted by molar-refractivity contribution is 0.628. The second-order valence-electron chi connectivity index (χ2n) is 5.46. The van der Waals surface area contributed by atoms with Crippen LogP contribution >= 0.6 is 11.8 Å². The number of halogens is 1. The lowest BCUT2D eigenvalue weighted by atomic mass is 10.0. The first kappa shape index (κ1) is 16.7. The van der Waals surface area contributed by atoms with Gasteiger partial charge in [-0.15, -0.1) is 0 Å². The van der Waals surface area contributed by atoms with Gasteiger partial charge in [0, 0.05) is 23.4 Å². The summed E-state index contributed by atoms with van der Waals surface area (Å²) in [5.41, 5.74) is 4.17. The summed E-state index contributed by atoms with van der Waals surface area (Å²) in [7, 11) is 3.75. The van der Waals surface area contributed by atoms with E-state index in [-0.39, 0.29) is 5.82 Å². The maximum absolute atomic E-state index is 13.2. The predicted molar refractivity (Wildman–Crippen MR) is 98.8 cm³/mol. The molecule has 2 aromatic carbocycles. The van der Waals surface area contributed by atoms with Gasteiger partial charge in [0.1, 0.15) is 5.82 Å². The fourth-order valence-electron chi connectivity index (χ4n) is 2.68. The highest BCUT2D eigenvalue weighted by Gasteiger charge is 2.23. The molecule has 2 heterocycles. The third kappa shape index (κ3) is 3.37. The maximum atomic E-state index is 13.2. The Balaban J connectivity index is 0.000000526. The minimum absolute atomic E-state index is 0.221. The molecule has 0 fully saturated rings. The van der Waals surface area contributed by atoms with E-state index in [1.165, 1.54) is 12.1 Å². The van der Waals surface area contributed by atoms with Crippen LogP contribution < -0.4 is 5.32 Å². The van der Waals surface area contributed by atoms with Gasteiger partial charge in [0.25, 0.3) is 0 Å². The molecule has 24 heavy (non-hydrogen) atoms. The van der Waals surface area contributed by atoms with E-state index in [1.54, 1.807) is 23.9 Å². The SMILES string of the molecule is CNC.Fc1ccc(-c2nc3n(c2-c2ccccc2)CCS3)cc1. The van der Waals surface area contributed by atoms with Crippen LogP contribution in [-0.4, -0.2) is 29.4 Å². The average Bonchev–Trinajstić information content (AvgIpc) is 3.18. The second-order valence-corrected chi connectivity index (χ2v) is 6.53. The quantitative estimate of drug-likeness (QED) is 0.754. The van der Waals surface area contributed by atoms with E-state index in [9.17, 15) is 4.39 Å². The Morgan fingerprint density at radius 3 is 2.33 bits per heavy atom. The molecule has 3 aromatic rings. The average molecular weight is 341 g/mol. The van der Waals surface area contributed by atoms with E-state index in [4.69, 9.17) is 4.98 Å². The number of benzene rings is 2. The van der Waals surface area contributed by atoms with Crippen LogP contribution in [0.15, 0.2) is 59.8 Å². The van der Waals surface area contributed by atoms with Crippen LogP contribution in [0.3, 0.4) is 0 Å². The van der Waals surface area contributed by atoms with E-state index in [0.717, 1.165) is 40.0 Å². The summed E-state index contributed by atoms with van der Waals surface area (Å²) in [5.74, 6) is 0.840. The van der Waals surface area contributed by atoms with Crippen molar-refractivity contribution in [2.75, 3.05) is 19.8 Å². The van der Waals surface area contributed by atoms with Crippen molar-refractivity contribution >= 4 is 11.8 Å². The second kappa shape index (κ2) is 7.64. The van der Waals surface area contributed by atoms with Crippen LogP contribution in [0.2, 0.25) is 0 Å². The Labute approximate surface area is 145 Å². The van der Waals surface area contributed by atoms with E-state index in [1.807, 2.05) is 32.3 Å². The smallest absolute Gasteiger partial charge is 0.169 e. The minimum atomic E-state index is -0.221. The van der Waals surface area contributed by atoms with Crippen LogP contribution in [0.1, 0.15) is 0 Å². The Bertz CT molecular complexity index is 797. The molecule has 0 spiro atoms. The Morgan fingerprint density at radius 2 is 1.67 bits per heavy atom. The number of nitrogens with zero attached hydrogens (tertiary/aromatic N) is 2. The van der Waals surface area contributed by atoms with E-state index in [2.05, 4.69) is 22.0 Å². The maximum Gasteiger partial charge on any atom is 0.169 e. The predicted octanol–water partition coefficient (Wildman–Crippen LogP) is 4.30. The van der Waals surface area contributed by atoms with Crippen LogP contribution in [0.25, 0.3) is 22.5 Å². The van der Waals surface area contributed by atoms with Crippen LogP contribution in [-0.2, 0) is 6.54 Å². The molecule has 4 rings (SSSR count). The molecule has 0 radical (unpaired) electrons. The van der Waals surface area contributed by atoms with Crippen molar-refractivity contribution in [2.24, 2.45) is 0 Å². The van der Waals surface area contributed by atoms with Crippen molar-refractivity contribution in [3.63, 3.8) is 0 Å². The molecule has 0 bridgehead atoms. The van der Waals surface area contributed by atoms with Gasteiger partial charge in [-0.05, 0) is 38.4 Å². The molecular formula is C19H20FN3S. The summed E-state index contributed by atoms with van der Waals surface area (Å²) in [6.45, 7) is 0.971. The van der Waals surface area contributed by atoms with Gasteiger partial charge in [0.05, 0.1) is 11.4 Å². The highest BCUT2D eigenvalue weighted by molar-refractivity contribution is 7.99. The fourth-order valence-corrected chi connectivity index (χ4v) is 3.63. The normalized spacial score (nSPS) is 12.5. The van der Waals surface area contributed by atoms with Gasteiger partial charge in [0.2, 0.25) is 0 Å². The molecule has 0 amide bonds. The van der Waals surface area contributed by atoms with E-state index < -0.39 is 0 Å². The number of nitrogens with one attached hydrogen (secondary N) is 1. The molecule has 1 N–H and O–H groups in total. The van der Waals surface area contributed by atoms with Crippen LogP contribution in [0.5, 0.6) is 0 Å². The first-order valence-electron chi connectivity index (χ1n) is 7.87. The van der Waals surface area contributed by atoms with Crippen molar-refractivity contribution < 1.29 is 4.39 Å². The summed E-state index contributed by atoms with van der Waals surface area (Å²) in [6, 6.07) is 16.8. The topological polar surface area (TPSA) is 29.9 Å². The fraction of sp³-hybridized carbons (Fsp3) is 0.211. The summed E-state index contributed by atoms with van der Waals surface area (Å²) in [6.07, 6.45) is 0. The Morgan fingerprint density at radius 1 is 1.00 bits per heavy atom. The van der Waals surface area contributed by atoms with Gasteiger partial charge in [-0.2, -0.15) is 0 Å². The summed E-state index contributed by atoms with van der Waals surface area (Å²) in [4.78, 5) is 4.77. The van der Waals surface area contributed by atoms with Crippen molar-refractivity contribution in [3.05, 3.63) is 60.4 Å². The molecule has 0 aliphatic carbocycles. The first-order chi connectivity index (χ1) is 11.7. The van der Waals surface area contributed by atoms with Gasteiger partial charge in [-0.3, -0.25) is 0 Å². The van der Waals surface area contributed by atoms with Crippen molar-refractivity contribution in [1.29, 1.82) is 0 Å². The molecule has 0 saturated carbocycles. The minimum Gasteiger partial charge on any atom is -0.323 e. The lowest BCUT2D eigenvalue weighted by Gasteiger charge is -2.08. The standard InChI is InChI=1S/C17H13FN2S.C2H7N/c18-14-8-6-12(7-9-14)15-16(13-4-2-1-3-5-13)20-10-11-21-17(20)19-15;1-3-2/h1-9H,10-11H2;3H,1-2H3. The number of imidazole rings is 1. The highest BCUT2D eigenvalue weighted by Crippen LogP contribution is 2.38. The molecule has 0 unspecified atom stereocenters. The summed E-state index contributed by atoms with van der Waals surface area (Å²) in [5, 5.41) is 3.80. The van der Waals surface area contributed by atoms with Gasteiger partial charge in [-0.25, -0.2) is 9.37 Å². The van der Waals surface area contributed by atoms with E-state index in [0.29, 0.717) is 0 Å². The van der Waals surface area contributed by atoms with Crippen molar-refractivity contribution in [3.8, 4) is 22.5 Å². The summed E-state index contributed by atoms with van der Waals surface area (Å²) >= 11 is 1.77. The molecule has 5 heteroatoms. The zero-order chi connectivity index (χ0) is 16.9. The zero-order valence-electron chi connectivity index (χ0n) is 13.8. The third-order valence-corrected chi connectivity index (χ3v) is 4.60. The Kier molecular flexibility index (Phi) is 5.33. The molecule has 0 saturated heterocycles. The molecule has 1 aliphatic rings. The van der Waals surface area contributed by atoms with Gasteiger partial charge in [-0.1, -0.05) is 42.1 Å². The highest BCUT2D eigenvalue weighted by atomic mass is 32.2. The lowest BCUT2D eigenvalue weighted by Crippen LogP contribution is -1.97. The number of thioether (sulfide) groups is 1. The van der Waals surface area contributed by atoms with Crippen LogP contribution in [0.4, 0.5) is 4.39 Å². The number of hydrogen-bond acceptors (Lipinski definition) is 3. The number of hydrogen-bond donors (Lipinski definition) is 1.